The molecule has 0 aliphatic heterocycles. The van der Waals surface area contributed by atoms with Crippen LogP contribution in [0.1, 0.15) is 48.1 Å². The summed E-state index contributed by atoms with van der Waals surface area (Å²) >= 11 is 0. The van der Waals surface area contributed by atoms with Gasteiger partial charge in [-0.1, -0.05) is 42.5 Å². The second-order valence-electron chi connectivity index (χ2n) is 7.56. The van der Waals surface area contributed by atoms with Crippen LogP contribution in [0.25, 0.3) is 0 Å². The van der Waals surface area contributed by atoms with Crippen LogP contribution in [0.5, 0.6) is 0 Å². The highest BCUT2D eigenvalue weighted by molar-refractivity contribution is 5.96. The van der Waals surface area contributed by atoms with Crippen LogP contribution >= 0.6 is 0 Å². The molecule has 0 radical (unpaired) electrons. The van der Waals surface area contributed by atoms with Crippen molar-refractivity contribution in [3.05, 3.63) is 64.7 Å². The van der Waals surface area contributed by atoms with Gasteiger partial charge in [0.15, 0.2) is 0 Å². The van der Waals surface area contributed by atoms with E-state index in [2.05, 4.69) is 34.1 Å². The minimum Gasteiger partial charge on any atom is -0.346 e. The molecule has 148 valence electrons. The molecule has 0 fully saturated rings. The summed E-state index contributed by atoms with van der Waals surface area (Å²) in [5, 5.41) is 9.06. The van der Waals surface area contributed by atoms with E-state index in [1.54, 1.807) is 0 Å². The van der Waals surface area contributed by atoms with Crippen LogP contribution < -0.4 is 16.0 Å². The van der Waals surface area contributed by atoms with Gasteiger partial charge < -0.3 is 10.6 Å². The van der Waals surface area contributed by atoms with E-state index in [-0.39, 0.29) is 30.4 Å². The van der Waals surface area contributed by atoms with Crippen molar-refractivity contribution in [1.29, 1.82) is 0 Å². The molecule has 2 atom stereocenters. The number of hydrogen-bond donors (Lipinski definition) is 3. The van der Waals surface area contributed by atoms with E-state index in [4.69, 9.17) is 0 Å². The van der Waals surface area contributed by atoms with Gasteiger partial charge in [0, 0.05) is 11.7 Å². The van der Waals surface area contributed by atoms with Crippen LogP contribution in [0.15, 0.2) is 42.5 Å². The van der Waals surface area contributed by atoms with Crippen LogP contribution in [-0.4, -0.2) is 24.4 Å². The molecule has 5 nitrogen and oxygen atoms in total. The highest BCUT2D eigenvalue weighted by Gasteiger charge is 2.23. The Balaban J connectivity index is 1.52. The Morgan fingerprint density at radius 3 is 2.54 bits per heavy atom. The topological polar surface area (TPSA) is 70.2 Å². The SMILES string of the molecule is Cc1cccc(C)c1NC(=O)CNC(=O)[C@@H](C)N[C@H]1CCCc2ccccc21. The molecule has 0 spiro atoms. The molecule has 0 aromatic heterocycles. The third-order valence-electron chi connectivity index (χ3n) is 5.38. The minimum atomic E-state index is -0.371. The van der Waals surface area contributed by atoms with Gasteiger partial charge in [0.05, 0.1) is 12.6 Å². The second-order valence-corrected chi connectivity index (χ2v) is 7.56. The maximum atomic E-state index is 12.5. The highest BCUT2D eigenvalue weighted by atomic mass is 16.2. The van der Waals surface area contributed by atoms with Gasteiger partial charge in [0.25, 0.3) is 0 Å². The molecule has 2 aromatic rings. The molecule has 0 heterocycles. The molecule has 0 saturated heterocycles. The Kier molecular flexibility index (Phi) is 6.47. The van der Waals surface area contributed by atoms with Gasteiger partial charge in [-0.3, -0.25) is 14.9 Å². The summed E-state index contributed by atoms with van der Waals surface area (Å²) in [6.07, 6.45) is 3.22. The molecular weight excluding hydrogens is 350 g/mol. The Morgan fingerprint density at radius 1 is 1.07 bits per heavy atom. The first kappa shape index (κ1) is 20.1. The largest absolute Gasteiger partial charge is 0.346 e. The van der Waals surface area contributed by atoms with Crippen molar-refractivity contribution >= 4 is 17.5 Å². The van der Waals surface area contributed by atoms with Crippen molar-refractivity contribution in [1.82, 2.24) is 10.6 Å². The molecule has 2 aromatic carbocycles. The lowest BCUT2D eigenvalue weighted by molar-refractivity contribution is -0.125. The number of fused-ring (bicyclic) bond motifs is 1. The summed E-state index contributed by atoms with van der Waals surface area (Å²) in [6, 6.07) is 14.1. The fourth-order valence-corrected chi connectivity index (χ4v) is 3.82. The first-order valence-corrected chi connectivity index (χ1v) is 9.93. The molecule has 3 rings (SSSR count). The first-order valence-electron chi connectivity index (χ1n) is 9.93. The van der Waals surface area contributed by atoms with Gasteiger partial charge in [0.1, 0.15) is 0 Å². The molecule has 0 saturated carbocycles. The van der Waals surface area contributed by atoms with Crippen LogP contribution in [0.4, 0.5) is 5.69 Å². The highest BCUT2D eigenvalue weighted by Crippen LogP contribution is 2.29. The third kappa shape index (κ3) is 4.78. The number of carbonyl (C=O) groups is 2. The number of anilines is 1. The molecule has 0 bridgehead atoms. The fraction of sp³-hybridized carbons (Fsp3) is 0.391. The number of carbonyl (C=O) groups excluding carboxylic acids is 2. The van der Waals surface area contributed by atoms with Crippen molar-refractivity contribution in [2.75, 3.05) is 11.9 Å². The Hall–Kier alpha value is -2.66. The Morgan fingerprint density at radius 2 is 1.79 bits per heavy atom. The normalized spacial score (nSPS) is 16.8. The average Bonchev–Trinajstić information content (AvgIpc) is 2.69. The van der Waals surface area contributed by atoms with Crippen molar-refractivity contribution in [2.24, 2.45) is 0 Å². The first-order chi connectivity index (χ1) is 13.5. The van der Waals surface area contributed by atoms with E-state index in [0.29, 0.717) is 0 Å². The monoisotopic (exact) mass is 379 g/mol. The van der Waals surface area contributed by atoms with Crippen molar-refractivity contribution in [2.45, 2.75) is 52.1 Å². The average molecular weight is 380 g/mol. The number of amides is 2. The van der Waals surface area contributed by atoms with E-state index in [1.807, 2.05) is 45.0 Å². The van der Waals surface area contributed by atoms with E-state index < -0.39 is 0 Å². The number of nitrogens with one attached hydrogen (secondary N) is 3. The smallest absolute Gasteiger partial charge is 0.243 e. The molecule has 28 heavy (non-hydrogen) atoms. The number of aryl methyl sites for hydroxylation is 3. The third-order valence-corrected chi connectivity index (χ3v) is 5.38. The molecule has 3 N–H and O–H groups in total. The second kappa shape index (κ2) is 9.02. The predicted octanol–water partition coefficient (Wildman–Crippen LogP) is 3.41. The van der Waals surface area contributed by atoms with Crippen molar-refractivity contribution < 1.29 is 9.59 Å². The van der Waals surface area contributed by atoms with Gasteiger partial charge >= 0.3 is 0 Å². The summed E-state index contributed by atoms with van der Waals surface area (Å²) in [7, 11) is 0. The lowest BCUT2D eigenvalue weighted by Crippen LogP contribution is -2.46. The number of benzene rings is 2. The lowest BCUT2D eigenvalue weighted by atomic mass is 9.87. The number of hydrogen-bond acceptors (Lipinski definition) is 3. The van der Waals surface area contributed by atoms with E-state index >= 15 is 0 Å². The molecule has 2 amide bonds. The van der Waals surface area contributed by atoms with E-state index in [0.717, 1.165) is 36.1 Å². The molecule has 1 aliphatic carbocycles. The summed E-state index contributed by atoms with van der Waals surface area (Å²) < 4.78 is 0. The summed E-state index contributed by atoms with van der Waals surface area (Å²) in [5.74, 6) is -0.388. The van der Waals surface area contributed by atoms with Crippen LogP contribution in [-0.2, 0) is 16.0 Å². The minimum absolute atomic E-state index is 0.0418. The van der Waals surface area contributed by atoms with Gasteiger partial charge in [0.2, 0.25) is 11.8 Å². The molecule has 1 aliphatic rings. The van der Waals surface area contributed by atoms with Crippen LogP contribution in [0.2, 0.25) is 0 Å². The zero-order valence-electron chi connectivity index (χ0n) is 16.8. The maximum Gasteiger partial charge on any atom is 0.243 e. The molecular formula is C23H29N3O2. The number of rotatable bonds is 6. The fourth-order valence-electron chi connectivity index (χ4n) is 3.82. The molecule has 0 unspecified atom stereocenters. The van der Waals surface area contributed by atoms with Crippen LogP contribution in [0.3, 0.4) is 0 Å². The van der Waals surface area contributed by atoms with Crippen molar-refractivity contribution in [3.63, 3.8) is 0 Å². The van der Waals surface area contributed by atoms with Gasteiger partial charge in [-0.25, -0.2) is 0 Å². The Labute approximate surface area is 166 Å². The maximum absolute atomic E-state index is 12.5. The van der Waals surface area contributed by atoms with E-state index in [9.17, 15) is 9.59 Å². The predicted molar refractivity (Wildman–Crippen MR) is 112 cm³/mol. The zero-order valence-corrected chi connectivity index (χ0v) is 16.8. The zero-order chi connectivity index (χ0) is 20.1. The van der Waals surface area contributed by atoms with Gasteiger partial charge in [-0.2, -0.15) is 0 Å². The van der Waals surface area contributed by atoms with Crippen molar-refractivity contribution in [3.8, 4) is 0 Å². The summed E-state index contributed by atoms with van der Waals surface area (Å²) in [4.78, 5) is 24.7. The Bertz CT molecular complexity index is 842. The summed E-state index contributed by atoms with van der Waals surface area (Å²) in [5.41, 5.74) is 5.45. The van der Waals surface area contributed by atoms with Gasteiger partial charge in [-0.05, 0) is 62.3 Å². The van der Waals surface area contributed by atoms with Crippen LogP contribution in [0, 0.1) is 13.8 Å². The lowest BCUT2D eigenvalue weighted by Gasteiger charge is -2.28. The quantitative estimate of drug-likeness (QED) is 0.720. The van der Waals surface area contributed by atoms with E-state index in [1.165, 1.54) is 11.1 Å². The molecule has 5 heteroatoms. The number of para-hydroxylation sites is 1. The summed E-state index contributed by atoms with van der Waals surface area (Å²) in [6.45, 7) is 5.71. The standard InChI is InChI=1S/C23H29N3O2/c1-15-8-6-9-16(2)22(15)26-21(27)14-24-23(28)17(3)25-20-13-7-11-18-10-4-5-12-19(18)20/h4-6,8-10,12,17,20,25H,7,11,13-14H2,1-3H3,(H,24,28)(H,26,27)/t17-,20+/m1/s1. The van der Waals surface area contributed by atoms with Gasteiger partial charge in [-0.15, -0.1) is 0 Å².